The second-order valence-corrected chi connectivity index (χ2v) is 6.67. The average molecular weight is 379 g/mol. The standard InChI is InChI=1S/C20H17N3O5/c24-19-16-9-8-13(11-17(16)21-18-7-2-1-3-10-22(18)19)20(25)28-15-6-4-5-14(12-15)23(26)27/h4-6,8-9,11-12H,1-3,7,10H2. The molecule has 2 heterocycles. The number of nitro benzene ring substituents is 1. The molecule has 8 nitrogen and oxygen atoms in total. The molecule has 0 N–H and O–H groups in total. The fraction of sp³-hybridized carbons (Fsp3) is 0.250. The number of non-ortho nitro benzene ring substituents is 1. The summed E-state index contributed by atoms with van der Waals surface area (Å²) in [5, 5.41) is 11.3. The molecule has 0 fully saturated rings. The molecule has 0 saturated heterocycles. The summed E-state index contributed by atoms with van der Waals surface area (Å²) < 4.78 is 6.97. The van der Waals surface area contributed by atoms with Gasteiger partial charge in [0.2, 0.25) is 0 Å². The number of carbonyl (C=O) groups is 1. The number of hydrogen-bond acceptors (Lipinski definition) is 6. The summed E-state index contributed by atoms with van der Waals surface area (Å²) in [5.74, 6) is 0.146. The minimum absolute atomic E-state index is 0.0780. The van der Waals surface area contributed by atoms with Gasteiger partial charge in [0.1, 0.15) is 11.6 Å². The van der Waals surface area contributed by atoms with Gasteiger partial charge in [0.15, 0.2) is 0 Å². The lowest BCUT2D eigenvalue weighted by atomic mass is 10.1. The quantitative estimate of drug-likeness (QED) is 0.299. The Morgan fingerprint density at radius 3 is 2.82 bits per heavy atom. The van der Waals surface area contributed by atoms with Crippen molar-refractivity contribution in [2.45, 2.75) is 32.2 Å². The largest absolute Gasteiger partial charge is 0.423 e. The maximum atomic E-state index is 12.7. The Hall–Kier alpha value is -3.55. The van der Waals surface area contributed by atoms with Gasteiger partial charge in [0.25, 0.3) is 11.2 Å². The van der Waals surface area contributed by atoms with E-state index in [1.54, 1.807) is 10.6 Å². The minimum Gasteiger partial charge on any atom is -0.423 e. The Morgan fingerprint density at radius 2 is 2.00 bits per heavy atom. The third-order valence-electron chi connectivity index (χ3n) is 4.79. The van der Waals surface area contributed by atoms with Gasteiger partial charge >= 0.3 is 5.97 Å². The average Bonchev–Trinajstić information content (AvgIpc) is 2.93. The van der Waals surface area contributed by atoms with Crippen molar-refractivity contribution < 1.29 is 14.5 Å². The molecule has 142 valence electrons. The summed E-state index contributed by atoms with van der Waals surface area (Å²) in [6.07, 6.45) is 3.72. The van der Waals surface area contributed by atoms with E-state index in [4.69, 9.17) is 4.74 Å². The van der Waals surface area contributed by atoms with Gasteiger partial charge in [-0.1, -0.05) is 12.5 Å². The Balaban J connectivity index is 1.67. The fourth-order valence-electron chi connectivity index (χ4n) is 3.37. The molecule has 1 aliphatic heterocycles. The van der Waals surface area contributed by atoms with Crippen LogP contribution in [0.15, 0.2) is 47.3 Å². The van der Waals surface area contributed by atoms with Gasteiger partial charge in [-0.2, -0.15) is 0 Å². The number of nitrogens with zero attached hydrogens (tertiary/aromatic N) is 3. The van der Waals surface area contributed by atoms with Crippen molar-refractivity contribution in [1.82, 2.24) is 9.55 Å². The molecular formula is C20H17N3O5. The zero-order chi connectivity index (χ0) is 19.7. The Labute approximate surface area is 159 Å². The lowest BCUT2D eigenvalue weighted by Gasteiger charge is -2.11. The highest BCUT2D eigenvalue weighted by Gasteiger charge is 2.17. The van der Waals surface area contributed by atoms with Crippen molar-refractivity contribution >= 4 is 22.6 Å². The molecular weight excluding hydrogens is 362 g/mol. The molecule has 2 aromatic carbocycles. The molecule has 1 aliphatic rings. The predicted octanol–water partition coefficient (Wildman–Crippen LogP) is 3.25. The first-order valence-corrected chi connectivity index (χ1v) is 9.03. The van der Waals surface area contributed by atoms with Crippen molar-refractivity contribution in [2.75, 3.05) is 0 Å². The van der Waals surface area contributed by atoms with Crippen molar-refractivity contribution in [3.05, 3.63) is 74.3 Å². The van der Waals surface area contributed by atoms with Crippen LogP contribution in [-0.4, -0.2) is 20.4 Å². The number of esters is 1. The van der Waals surface area contributed by atoms with Gasteiger partial charge in [-0.15, -0.1) is 0 Å². The third kappa shape index (κ3) is 3.36. The summed E-state index contributed by atoms with van der Waals surface area (Å²) in [7, 11) is 0. The highest BCUT2D eigenvalue weighted by molar-refractivity contribution is 5.95. The van der Waals surface area contributed by atoms with E-state index in [0.29, 0.717) is 17.4 Å². The smallest absolute Gasteiger partial charge is 0.343 e. The highest BCUT2D eigenvalue weighted by Crippen LogP contribution is 2.21. The molecule has 3 aromatic rings. The maximum absolute atomic E-state index is 12.7. The van der Waals surface area contributed by atoms with E-state index in [9.17, 15) is 19.7 Å². The lowest BCUT2D eigenvalue weighted by Crippen LogP contribution is -2.24. The highest BCUT2D eigenvalue weighted by atomic mass is 16.6. The SMILES string of the molecule is O=C(Oc1cccc([N+](=O)[O-])c1)c1ccc2c(=O)n3c(nc2c1)CCCCC3. The van der Waals surface area contributed by atoms with Crippen molar-refractivity contribution in [3.8, 4) is 5.75 Å². The van der Waals surface area contributed by atoms with Crippen LogP contribution in [0.5, 0.6) is 5.75 Å². The van der Waals surface area contributed by atoms with E-state index >= 15 is 0 Å². The van der Waals surface area contributed by atoms with Crippen LogP contribution in [0.4, 0.5) is 5.69 Å². The molecule has 0 spiro atoms. The molecule has 0 unspecified atom stereocenters. The van der Waals surface area contributed by atoms with Crippen molar-refractivity contribution in [3.63, 3.8) is 0 Å². The molecule has 4 rings (SSSR count). The zero-order valence-corrected chi connectivity index (χ0v) is 15.0. The lowest BCUT2D eigenvalue weighted by molar-refractivity contribution is -0.384. The normalized spacial score (nSPS) is 13.6. The first-order chi connectivity index (χ1) is 13.5. The van der Waals surface area contributed by atoms with E-state index in [-0.39, 0.29) is 22.6 Å². The summed E-state index contributed by atoms with van der Waals surface area (Å²) >= 11 is 0. The molecule has 0 saturated carbocycles. The number of hydrogen-bond donors (Lipinski definition) is 0. The van der Waals surface area contributed by atoms with Crippen LogP contribution < -0.4 is 10.3 Å². The zero-order valence-electron chi connectivity index (χ0n) is 15.0. The number of aryl methyl sites for hydroxylation is 1. The van der Waals surface area contributed by atoms with Gasteiger partial charge in [-0.05, 0) is 37.1 Å². The van der Waals surface area contributed by atoms with Crippen molar-refractivity contribution in [1.29, 1.82) is 0 Å². The fourth-order valence-corrected chi connectivity index (χ4v) is 3.37. The van der Waals surface area contributed by atoms with Gasteiger partial charge < -0.3 is 4.74 Å². The summed E-state index contributed by atoms with van der Waals surface area (Å²) in [5.41, 5.74) is 0.415. The topological polar surface area (TPSA) is 104 Å². The van der Waals surface area contributed by atoms with Gasteiger partial charge in [-0.3, -0.25) is 19.5 Å². The van der Waals surface area contributed by atoms with Crippen LogP contribution in [0.25, 0.3) is 10.9 Å². The molecule has 0 aliphatic carbocycles. The monoisotopic (exact) mass is 379 g/mol. The van der Waals surface area contributed by atoms with Crippen LogP contribution in [0.2, 0.25) is 0 Å². The number of benzene rings is 2. The molecule has 1 aromatic heterocycles. The van der Waals surface area contributed by atoms with Gasteiger partial charge in [0, 0.05) is 19.0 Å². The van der Waals surface area contributed by atoms with Crippen LogP contribution in [-0.2, 0) is 13.0 Å². The second kappa shape index (κ2) is 7.22. The first kappa shape index (κ1) is 17.8. The van der Waals surface area contributed by atoms with Gasteiger partial charge in [0.05, 0.1) is 27.5 Å². The third-order valence-corrected chi connectivity index (χ3v) is 4.79. The van der Waals surface area contributed by atoms with Gasteiger partial charge in [-0.25, -0.2) is 9.78 Å². The van der Waals surface area contributed by atoms with E-state index in [0.717, 1.165) is 31.5 Å². The second-order valence-electron chi connectivity index (χ2n) is 6.67. The van der Waals surface area contributed by atoms with E-state index in [1.807, 2.05) is 0 Å². The predicted molar refractivity (Wildman–Crippen MR) is 102 cm³/mol. The molecule has 0 amide bonds. The number of ether oxygens (including phenoxy) is 1. The van der Waals surface area contributed by atoms with Crippen LogP contribution in [0, 0.1) is 10.1 Å². The molecule has 8 heteroatoms. The van der Waals surface area contributed by atoms with Crippen molar-refractivity contribution in [2.24, 2.45) is 0 Å². The number of aromatic nitrogens is 2. The summed E-state index contributed by atoms with van der Waals surface area (Å²) in [4.78, 5) is 40.1. The Bertz CT molecular complexity index is 1150. The number of carbonyl (C=O) groups excluding carboxylic acids is 1. The van der Waals surface area contributed by atoms with E-state index in [1.165, 1.54) is 36.4 Å². The summed E-state index contributed by atoms with van der Waals surface area (Å²) in [6.45, 7) is 0.660. The number of fused-ring (bicyclic) bond motifs is 2. The van der Waals surface area contributed by atoms with E-state index < -0.39 is 10.9 Å². The van der Waals surface area contributed by atoms with Crippen LogP contribution in [0.1, 0.15) is 35.4 Å². The molecule has 0 atom stereocenters. The van der Waals surface area contributed by atoms with Crippen LogP contribution in [0.3, 0.4) is 0 Å². The minimum atomic E-state index is -0.667. The Morgan fingerprint density at radius 1 is 1.14 bits per heavy atom. The number of nitro groups is 1. The van der Waals surface area contributed by atoms with E-state index in [2.05, 4.69) is 4.98 Å². The van der Waals surface area contributed by atoms with Crippen LogP contribution >= 0.6 is 0 Å². The Kier molecular flexibility index (Phi) is 4.60. The molecule has 28 heavy (non-hydrogen) atoms. The number of rotatable bonds is 3. The molecule has 0 bridgehead atoms. The summed E-state index contributed by atoms with van der Waals surface area (Å²) in [6, 6.07) is 10.0. The molecule has 0 radical (unpaired) electrons. The maximum Gasteiger partial charge on any atom is 0.343 e. The first-order valence-electron chi connectivity index (χ1n) is 9.03.